The molecule has 2 heteroatoms. The molecule has 1 saturated carbocycles. The molecule has 0 aromatic heterocycles. The Hall–Kier alpha value is -0.790. The van der Waals surface area contributed by atoms with Crippen LogP contribution in [-0.2, 0) is 5.41 Å². The maximum absolute atomic E-state index is 6.03. The van der Waals surface area contributed by atoms with E-state index in [0.717, 1.165) is 0 Å². The van der Waals surface area contributed by atoms with E-state index in [0.29, 0.717) is 0 Å². The van der Waals surface area contributed by atoms with Gasteiger partial charge in [-0.05, 0) is 18.4 Å². The van der Waals surface area contributed by atoms with Crippen LogP contribution in [0.3, 0.4) is 0 Å². The molecule has 1 nitrogen and oxygen atoms in total. The van der Waals surface area contributed by atoms with E-state index in [1.807, 2.05) is 12.1 Å². The van der Waals surface area contributed by atoms with E-state index in [4.69, 9.17) is 5.73 Å². The van der Waals surface area contributed by atoms with Gasteiger partial charge in [0.25, 0.3) is 0 Å². The summed E-state index contributed by atoms with van der Waals surface area (Å²) >= 11 is 0. The van der Waals surface area contributed by atoms with Crippen LogP contribution in [0.2, 0.25) is 0 Å². The van der Waals surface area contributed by atoms with Crippen LogP contribution in [0.25, 0.3) is 0 Å². The molecule has 2 rings (SSSR count). The SMILES string of the molecule is C=CC(N)C1(c2ccccc2)CC1.Cl. The summed E-state index contributed by atoms with van der Waals surface area (Å²) < 4.78 is 0. The quantitative estimate of drug-likeness (QED) is 0.762. The van der Waals surface area contributed by atoms with Crippen molar-refractivity contribution in [1.82, 2.24) is 0 Å². The Morgan fingerprint density at radius 2 is 1.86 bits per heavy atom. The summed E-state index contributed by atoms with van der Waals surface area (Å²) in [5.74, 6) is 0. The predicted octanol–water partition coefficient (Wildman–Crippen LogP) is 2.65. The zero-order valence-corrected chi connectivity index (χ0v) is 8.96. The third kappa shape index (κ3) is 1.70. The molecule has 0 heterocycles. The molecular weight excluding hydrogens is 194 g/mol. The van der Waals surface area contributed by atoms with Gasteiger partial charge in [0.15, 0.2) is 0 Å². The molecule has 14 heavy (non-hydrogen) atoms. The highest BCUT2D eigenvalue weighted by Gasteiger charge is 2.47. The van der Waals surface area contributed by atoms with Crippen molar-refractivity contribution in [3.63, 3.8) is 0 Å². The molecule has 0 spiro atoms. The van der Waals surface area contributed by atoms with Crippen LogP contribution in [-0.4, -0.2) is 6.04 Å². The van der Waals surface area contributed by atoms with E-state index in [1.54, 1.807) is 0 Å². The number of hydrogen-bond donors (Lipinski definition) is 1. The topological polar surface area (TPSA) is 26.0 Å². The molecule has 1 unspecified atom stereocenters. The Kier molecular flexibility index (Phi) is 3.35. The Labute approximate surface area is 91.4 Å². The molecule has 1 atom stereocenters. The van der Waals surface area contributed by atoms with Crippen LogP contribution in [0.15, 0.2) is 43.0 Å². The Balaban J connectivity index is 0.000000980. The highest BCUT2D eigenvalue weighted by molar-refractivity contribution is 5.85. The Morgan fingerprint density at radius 1 is 1.29 bits per heavy atom. The molecule has 0 amide bonds. The molecular formula is C12H16ClN. The average Bonchev–Trinajstić information content (AvgIpc) is 2.99. The van der Waals surface area contributed by atoms with Gasteiger partial charge in [-0.15, -0.1) is 19.0 Å². The van der Waals surface area contributed by atoms with E-state index in [9.17, 15) is 0 Å². The molecule has 1 aliphatic rings. The van der Waals surface area contributed by atoms with Gasteiger partial charge in [-0.25, -0.2) is 0 Å². The van der Waals surface area contributed by atoms with Crippen molar-refractivity contribution in [2.75, 3.05) is 0 Å². The highest BCUT2D eigenvalue weighted by Crippen LogP contribution is 2.50. The van der Waals surface area contributed by atoms with Crippen molar-refractivity contribution in [3.05, 3.63) is 48.6 Å². The third-order valence-electron chi connectivity index (χ3n) is 3.03. The third-order valence-corrected chi connectivity index (χ3v) is 3.03. The number of benzene rings is 1. The summed E-state index contributed by atoms with van der Waals surface area (Å²) in [6, 6.07) is 10.6. The highest BCUT2D eigenvalue weighted by atomic mass is 35.5. The minimum atomic E-state index is 0. The first kappa shape index (κ1) is 11.3. The first-order chi connectivity index (χ1) is 6.29. The van der Waals surface area contributed by atoms with Crippen LogP contribution in [0.5, 0.6) is 0 Å². The molecule has 1 fully saturated rings. The molecule has 0 aliphatic heterocycles. The molecule has 0 bridgehead atoms. The second kappa shape index (κ2) is 4.16. The van der Waals surface area contributed by atoms with Gasteiger partial charge in [-0.1, -0.05) is 36.4 Å². The van der Waals surface area contributed by atoms with Gasteiger partial charge >= 0.3 is 0 Å². The largest absolute Gasteiger partial charge is 0.324 e. The second-order valence-electron chi connectivity index (χ2n) is 3.78. The molecule has 0 saturated heterocycles. The minimum absolute atomic E-state index is 0. The van der Waals surface area contributed by atoms with Crippen molar-refractivity contribution in [2.45, 2.75) is 24.3 Å². The molecule has 1 aromatic carbocycles. The molecule has 1 aliphatic carbocycles. The summed E-state index contributed by atoms with van der Waals surface area (Å²) in [6.07, 6.45) is 4.26. The first-order valence-electron chi connectivity index (χ1n) is 4.73. The van der Waals surface area contributed by atoms with Crippen LogP contribution < -0.4 is 5.73 Å². The fourth-order valence-electron chi connectivity index (χ4n) is 1.94. The molecule has 0 radical (unpaired) electrons. The zero-order valence-electron chi connectivity index (χ0n) is 8.15. The summed E-state index contributed by atoms with van der Waals surface area (Å²) in [5, 5.41) is 0. The molecule has 76 valence electrons. The van der Waals surface area contributed by atoms with Crippen molar-refractivity contribution in [3.8, 4) is 0 Å². The minimum Gasteiger partial charge on any atom is -0.324 e. The van der Waals surface area contributed by atoms with E-state index < -0.39 is 0 Å². The van der Waals surface area contributed by atoms with Crippen LogP contribution in [0, 0.1) is 0 Å². The number of halogens is 1. The predicted molar refractivity (Wildman–Crippen MR) is 62.8 cm³/mol. The molecule has 2 N–H and O–H groups in total. The van der Waals surface area contributed by atoms with E-state index in [2.05, 4.69) is 30.8 Å². The van der Waals surface area contributed by atoms with Crippen molar-refractivity contribution in [2.24, 2.45) is 5.73 Å². The first-order valence-corrected chi connectivity index (χ1v) is 4.73. The lowest BCUT2D eigenvalue weighted by molar-refractivity contribution is 0.603. The molecule has 1 aromatic rings. The Bertz CT molecular complexity index is 303. The summed E-state index contributed by atoms with van der Waals surface area (Å²) in [6.45, 7) is 3.77. The maximum Gasteiger partial charge on any atom is 0.0319 e. The van der Waals surface area contributed by atoms with E-state index >= 15 is 0 Å². The lowest BCUT2D eigenvalue weighted by Gasteiger charge is -2.20. The van der Waals surface area contributed by atoms with Gasteiger partial charge < -0.3 is 5.73 Å². The summed E-state index contributed by atoms with van der Waals surface area (Å²) in [7, 11) is 0. The average molecular weight is 210 g/mol. The van der Waals surface area contributed by atoms with Gasteiger partial charge in [0.2, 0.25) is 0 Å². The number of nitrogens with two attached hydrogens (primary N) is 1. The van der Waals surface area contributed by atoms with Gasteiger partial charge in [-0.2, -0.15) is 0 Å². The summed E-state index contributed by atoms with van der Waals surface area (Å²) in [5.41, 5.74) is 7.60. The van der Waals surface area contributed by atoms with Gasteiger partial charge in [0, 0.05) is 11.5 Å². The van der Waals surface area contributed by atoms with Crippen LogP contribution >= 0.6 is 12.4 Å². The lowest BCUT2D eigenvalue weighted by Crippen LogP contribution is -2.32. The van der Waals surface area contributed by atoms with E-state index in [-0.39, 0.29) is 23.9 Å². The van der Waals surface area contributed by atoms with Crippen molar-refractivity contribution < 1.29 is 0 Å². The van der Waals surface area contributed by atoms with Crippen LogP contribution in [0.1, 0.15) is 18.4 Å². The van der Waals surface area contributed by atoms with Gasteiger partial charge in [0.1, 0.15) is 0 Å². The fraction of sp³-hybridized carbons (Fsp3) is 0.333. The zero-order chi connectivity index (χ0) is 9.31. The van der Waals surface area contributed by atoms with E-state index in [1.165, 1.54) is 18.4 Å². The summed E-state index contributed by atoms with van der Waals surface area (Å²) in [4.78, 5) is 0. The van der Waals surface area contributed by atoms with Crippen molar-refractivity contribution in [1.29, 1.82) is 0 Å². The lowest BCUT2D eigenvalue weighted by atomic mass is 9.89. The van der Waals surface area contributed by atoms with Gasteiger partial charge in [0.05, 0.1) is 0 Å². The van der Waals surface area contributed by atoms with Crippen LogP contribution in [0.4, 0.5) is 0 Å². The normalized spacial score (nSPS) is 19.2. The monoisotopic (exact) mass is 209 g/mol. The number of rotatable bonds is 3. The second-order valence-corrected chi connectivity index (χ2v) is 3.78. The smallest absolute Gasteiger partial charge is 0.0319 e. The number of hydrogen-bond acceptors (Lipinski definition) is 1. The van der Waals surface area contributed by atoms with Crippen molar-refractivity contribution >= 4 is 12.4 Å². The standard InChI is InChI=1S/C12H15N.ClH/c1-2-11(13)12(8-9-12)10-6-4-3-5-7-10;/h2-7,11H,1,8-9,13H2;1H. The van der Waals surface area contributed by atoms with Gasteiger partial charge in [-0.3, -0.25) is 0 Å². The maximum atomic E-state index is 6.03. The Morgan fingerprint density at radius 3 is 2.29 bits per heavy atom. The fourth-order valence-corrected chi connectivity index (χ4v) is 1.94.